The van der Waals surface area contributed by atoms with Crippen LogP contribution in [0, 0.1) is 6.92 Å². The molecule has 1 atom stereocenters. The van der Waals surface area contributed by atoms with Crippen molar-refractivity contribution >= 4 is 5.82 Å². The van der Waals surface area contributed by atoms with Crippen LogP contribution >= 0.6 is 0 Å². The van der Waals surface area contributed by atoms with E-state index >= 15 is 0 Å². The zero-order valence-corrected chi connectivity index (χ0v) is 11.2. The summed E-state index contributed by atoms with van der Waals surface area (Å²) in [6.07, 6.45) is 0. The summed E-state index contributed by atoms with van der Waals surface area (Å²) in [4.78, 5) is 4.55. The lowest BCUT2D eigenvalue weighted by Gasteiger charge is -2.24. The molecule has 1 rings (SSSR count). The van der Waals surface area contributed by atoms with E-state index in [1.807, 2.05) is 6.92 Å². The average molecular weight is 225 g/mol. The van der Waals surface area contributed by atoms with Gasteiger partial charge in [-0.05, 0) is 27.7 Å². The summed E-state index contributed by atoms with van der Waals surface area (Å²) < 4.78 is 7.22. The molecule has 0 bridgehead atoms. The van der Waals surface area contributed by atoms with Crippen LogP contribution in [0.15, 0.2) is 0 Å². The van der Waals surface area contributed by atoms with Crippen LogP contribution in [0.25, 0.3) is 0 Å². The summed E-state index contributed by atoms with van der Waals surface area (Å²) in [7, 11) is 1.69. The van der Waals surface area contributed by atoms with Crippen molar-refractivity contribution in [3.8, 4) is 0 Å². The molecule has 92 valence electrons. The van der Waals surface area contributed by atoms with Gasteiger partial charge >= 0.3 is 0 Å². The Kier molecular flexibility index (Phi) is 3.63. The largest absolute Gasteiger partial charge is 0.384 e. The number of nitrogens with zero attached hydrogens (tertiary/aromatic N) is 2. The second kappa shape index (κ2) is 4.45. The van der Waals surface area contributed by atoms with E-state index in [-0.39, 0.29) is 11.5 Å². The van der Waals surface area contributed by atoms with Gasteiger partial charge in [0.05, 0.1) is 12.3 Å². The molecule has 0 saturated heterocycles. The van der Waals surface area contributed by atoms with Gasteiger partial charge in [-0.15, -0.1) is 0 Å². The molecule has 0 fully saturated rings. The zero-order valence-electron chi connectivity index (χ0n) is 11.2. The predicted octanol–water partition coefficient (Wildman–Crippen LogP) is 2.28. The quantitative estimate of drug-likeness (QED) is 0.858. The molecule has 1 aromatic rings. The Hall–Kier alpha value is -1.03. The number of anilines is 1. The number of aromatic nitrogens is 2. The monoisotopic (exact) mass is 225 g/mol. The smallest absolute Gasteiger partial charge is 0.127 e. The summed E-state index contributed by atoms with van der Waals surface area (Å²) in [6.45, 7) is 11.1. The van der Waals surface area contributed by atoms with E-state index in [0.29, 0.717) is 6.61 Å². The Morgan fingerprint density at radius 3 is 2.38 bits per heavy atom. The molecule has 0 radical (unpaired) electrons. The van der Waals surface area contributed by atoms with Gasteiger partial charge in [-0.25, -0.2) is 4.98 Å². The molecular weight excluding hydrogens is 202 g/mol. The number of methoxy groups -OCH3 is 1. The lowest BCUT2D eigenvalue weighted by molar-refractivity contribution is 0.183. The Balaban J connectivity index is 3.16. The predicted molar refractivity (Wildman–Crippen MR) is 66.7 cm³/mol. The Morgan fingerprint density at radius 1 is 1.44 bits per heavy atom. The second-order valence-electron chi connectivity index (χ2n) is 5.29. The topological polar surface area (TPSA) is 53.1 Å². The molecule has 0 aliphatic heterocycles. The number of ether oxygens (including phenoxy) is 1. The fraction of sp³-hybridized carbons (Fsp3) is 0.750. The van der Waals surface area contributed by atoms with E-state index in [2.05, 4.69) is 37.2 Å². The van der Waals surface area contributed by atoms with E-state index in [4.69, 9.17) is 10.5 Å². The molecule has 0 aliphatic carbocycles. The van der Waals surface area contributed by atoms with Crippen molar-refractivity contribution in [1.29, 1.82) is 0 Å². The minimum absolute atomic E-state index is 0.0355. The summed E-state index contributed by atoms with van der Waals surface area (Å²) in [5.74, 6) is 1.95. The van der Waals surface area contributed by atoms with Gasteiger partial charge in [0.15, 0.2) is 0 Å². The van der Waals surface area contributed by atoms with Gasteiger partial charge in [0, 0.05) is 18.6 Å². The van der Waals surface area contributed by atoms with Crippen LogP contribution in [0.3, 0.4) is 0 Å². The van der Waals surface area contributed by atoms with Gasteiger partial charge < -0.3 is 15.0 Å². The van der Waals surface area contributed by atoms with Crippen molar-refractivity contribution < 1.29 is 4.74 Å². The van der Waals surface area contributed by atoms with Crippen LogP contribution in [0.1, 0.15) is 45.1 Å². The normalized spacial score (nSPS) is 14.1. The first-order chi connectivity index (χ1) is 7.29. The highest BCUT2D eigenvalue weighted by molar-refractivity contribution is 5.41. The SMILES string of the molecule is COCC(C)c1nc(C)n(C(C)(C)C)c1N. The van der Waals surface area contributed by atoms with Crippen LogP contribution in [0.4, 0.5) is 5.82 Å². The fourth-order valence-corrected chi connectivity index (χ4v) is 2.11. The van der Waals surface area contributed by atoms with Crippen molar-refractivity contribution in [3.63, 3.8) is 0 Å². The van der Waals surface area contributed by atoms with Crippen molar-refractivity contribution in [2.75, 3.05) is 19.5 Å². The molecule has 2 N–H and O–H groups in total. The first-order valence-corrected chi connectivity index (χ1v) is 5.63. The molecule has 1 unspecified atom stereocenters. The number of hydrogen-bond acceptors (Lipinski definition) is 3. The van der Waals surface area contributed by atoms with E-state index in [1.165, 1.54) is 0 Å². The fourth-order valence-electron chi connectivity index (χ4n) is 2.11. The third-order valence-electron chi connectivity index (χ3n) is 2.66. The van der Waals surface area contributed by atoms with Crippen molar-refractivity contribution in [2.45, 2.75) is 46.1 Å². The van der Waals surface area contributed by atoms with Gasteiger partial charge in [-0.2, -0.15) is 0 Å². The van der Waals surface area contributed by atoms with Crippen LogP contribution in [0.2, 0.25) is 0 Å². The summed E-state index contributed by atoms with van der Waals surface area (Å²) in [6, 6.07) is 0. The zero-order chi connectivity index (χ0) is 12.5. The van der Waals surface area contributed by atoms with Gasteiger partial charge in [0.25, 0.3) is 0 Å². The lowest BCUT2D eigenvalue weighted by Crippen LogP contribution is -2.25. The number of aryl methyl sites for hydroxylation is 1. The maximum atomic E-state index is 6.17. The highest BCUT2D eigenvalue weighted by Gasteiger charge is 2.24. The first kappa shape index (κ1) is 13.0. The summed E-state index contributed by atoms with van der Waals surface area (Å²) >= 11 is 0. The van der Waals surface area contributed by atoms with Gasteiger partial charge in [-0.3, -0.25) is 0 Å². The van der Waals surface area contributed by atoms with Crippen LogP contribution in [-0.4, -0.2) is 23.3 Å². The molecule has 1 aromatic heterocycles. The molecule has 4 heteroatoms. The Morgan fingerprint density at radius 2 is 2.00 bits per heavy atom. The maximum Gasteiger partial charge on any atom is 0.127 e. The molecule has 0 aromatic carbocycles. The van der Waals surface area contributed by atoms with Crippen molar-refractivity contribution in [1.82, 2.24) is 9.55 Å². The van der Waals surface area contributed by atoms with E-state index in [0.717, 1.165) is 17.3 Å². The second-order valence-corrected chi connectivity index (χ2v) is 5.29. The highest BCUT2D eigenvalue weighted by atomic mass is 16.5. The van der Waals surface area contributed by atoms with E-state index in [9.17, 15) is 0 Å². The molecule has 16 heavy (non-hydrogen) atoms. The third kappa shape index (κ3) is 2.38. The lowest BCUT2D eigenvalue weighted by atomic mass is 10.1. The maximum absolute atomic E-state index is 6.17. The van der Waals surface area contributed by atoms with Gasteiger partial charge in [0.1, 0.15) is 11.6 Å². The number of imidazole rings is 1. The average Bonchev–Trinajstić information content (AvgIpc) is 2.41. The van der Waals surface area contributed by atoms with Gasteiger partial charge in [-0.1, -0.05) is 6.92 Å². The summed E-state index contributed by atoms with van der Waals surface area (Å²) in [5.41, 5.74) is 7.07. The van der Waals surface area contributed by atoms with Crippen molar-refractivity contribution in [3.05, 3.63) is 11.5 Å². The number of nitrogens with two attached hydrogens (primary N) is 1. The standard InChI is InChI=1S/C12H23N3O/c1-8(7-16-6)10-11(13)15(9(2)14-10)12(3,4)5/h8H,7,13H2,1-6H3. The van der Waals surface area contributed by atoms with Crippen LogP contribution in [-0.2, 0) is 10.3 Å². The number of hydrogen-bond donors (Lipinski definition) is 1. The molecule has 0 spiro atoms. The summed E-state index contributed by atoms with van der Waals surface area (Å²) in [5, 5.41) is 0. The first-order valence-electron chi connectivity index (χ1n) is 5.63. The van der Waals surface area contributed by atoms with Crippen LogP contribution in [0.5, 0.6) is 0 Å². The Bertz CT molecular complexity index is 363. The molecule has 0 amide bonds. The number of nitrogen functional groups attached to an aromatic ring is 1. The number of rotatable bonds is 3. The van der Waals surface area contributed by atoms with E-state index in [1.54, 1.807) is 7.11 Å². The minimum atomic E-state index is -0.0355. The van der Waals surface area contributed by atoms with Gasteiger partial charge in [0.2, 0.25) is 0 Å². The molecular formula is C12H23N3O. The molecule has 1 heterocycles. The molecule has 0 aliphatic rings. The molecule has 4 nitrogen and oxygen atoms in total. The third-order valence-corrected chi connectivity index (χ3v) is 2.66. The highest BCUT2D eigenvalue weighted by Crippen LogP contribution is 2.28. The van der Waals surface area contributed by atoms with E-state index < -0.39 is 0 Å². The minimum Gasteiger partial charge on any atom is -0.384 e. The molecule has 0 saturated carbocycles. The van der Waals surface area contributed by atoms with Crippen LogP contribution < -0.4 is 5.73 Å². The van der Waals surface area contributed by atoms with Crippen molar-refractivity contribution in [2.24, 2.45) is 0 Å². The Labute approximate surface area is 97.8 Å².